The van der Waals surface area contributed by atoms with Crippen LogP contribution in [0.25, 0.3) is 10.9 Å². The predicted octanol–water partition coefficient (Wildman–Crippen LogP) is 5.28. The number of nitrogens with zero attached hydrogens (tertiary/aromatic N) is 2. The zero-order valence-corrected chi connectivity index (χ0v) is 14.7. The molecule has 0 amide bonds. The molecule has 24 heavy (non-hydrogen) atoms. The second-order valence-electron chi connectivity index (χ2n) is 6.61. The lowest BCUT2D eigenvalue weighted by Gasteiger charge is -2.17. The molecule has 4 rings (SSSR count). The number of benzene rings is 1. The summed E-state index contributed by atoms with van der Waals surface area (Å²) < 4.78 is 0. The van der Waals surface area contributed by atoms with Crippen molar-refractivity contribution in [2.45, 2.75) is 33.1 Å². The topological polar surface area (TPSA) is 51.9 Å². The number of fused-ring (bicyclic) bond motifs is 2. The first-order chi connectivity index (χ1) is 11.7. The van der Waals surface area contributed by atoms with Crippen LogP contribution in [-0.2, 0) is 12.8 Å². The van der Waals surface area contributed by atoms with Gasteiger partial charge in [-0.1, -0.05) is 25.1 Å². The molecule has 0 spiro atoms. The van der Waals surface area contributed by atoms with Crippen LogP contribution in [-0.4, -0.2) is 11.2 Å². The molecule has 1 aliphatic rings. The lowest BCUT2D eigenvalue weighted by Crippen LogP contribution is -2.09. The molecule has 0 saturated heterocycles. The number of H-pyrrole nitrogens is 1. The summed E-state index contributed by atoms with van der Waals surface area (Å²) in [6, 6.07) is 10.6. The van der Waals surface area contributed by atoms with Crippen molar-refractivity contribution in [1.29, 1.82) is 5.26 Å². The molecule has 1 aliphatic carbocycles. The third kappa shape index (κ3) is 2.46. The minimum Gasteiger partial charge on any atom is -0.358 e. The van der Waals surface area contributed by atoms with Crippen molar-refractivity contribution in [2.75, 3.05) is 0 Å². The maximum Gasteiger partial charge on any atom is 0.134 e. The Bertz CT molecular complexity index is 984. The van der Waals surface area contributed by atoms with Gasteiger partial charge in [0.25, 0.3) is 0 Å². The summed E-state index contributed by atoms with van der Waals surface area (Å²) in [5.74, 6) is 0.704. The first-order valence-electron chi connectivity index (χ1n) is 8.33. The molecular formula is C20H19N3S. The lowest BCUT2D eigenvalue weighted by molar-refractivity contribution is 0.507. The molecule has 4 heteroatoms. The van der Waals surface area contributed by atoms with E-state index in [2.05, 4.69) is 37.0 Å². The van der Waals surface area contributed by atoms with E-state index >= 15 is 0 Å². The van der Waals surface area contributed by atoms with Gasteiger partial charge in [-0.3, -0.25) is 0 Å². The quantitative estimate of drug-likeness (QED) is 0.637. The van der Waals surface area contributed by atoms with Gasteiger partial charge in [0.05, 0.1) is 5.56 Å². The molecule has 0 bridgehead atoms. The van der Waals surface area contributed by atoms with Gasteiger partial charge in [0.2, 0.25) is 0 Å². The number of aryl methyl sites for hydroxylation is 1. The van der Waals surface area contributed by atoms with Gasteiger partial charge >= 0.3 is 0 Å². The van der Waals surface area contributed by atoms with Crippen molar-refractivity contribution in [3.63, 3.8) is 0 Å². The van der Waals surface area contributed by atoms with E-state index in [4.69, 9.17) is 4.99 Å². The first-order valence-corrected chi connectivity index (χ1v) is 9.15. The zero-order chi connectivity index (χ0) is 16.7. The molecule has 0 saturated carbocycles. The molecule has 3 aromatic rings. The van der Waals surface area contributed by atoms with Crippen LogP contribution in [0.2, 0.25) is 0 Å². The van der Waals surface area contributed by atoms with Crippen LogP contribution in [0, 0.1) is 24.2 Å². The number of aromatic nitrogens is 1. The molecule has 0 unspecified atom stereocenters. The molecule has 1 atom stereocenters. The van der Waals surface area contributed by atoms with E-state index < -0.39 is 0 Å². The molecule has 1 aromatic carbocycles. The Hall–Kier alpha value is -2.38. The van der Waals surface area contributed by atoms with Crippen molar-refractivity contribution in [3.8, 4) is 6.07 Å². The third-order valence-electron chi connectivity index (χ3n) is 4.86. The number of aromatic amines is 1. The minimum absolute atomic E-state index is 0.704. The number of thiophene rings is 1. The van der Waals surface area contributed by atoms with Gasteiger partial charge in [0.1, 0.15) is 11.1 Å². The number of rotatable bonds is 2. The van der Waals surface area contributed by atoms with Crippen LogP contribution in [0.1, 0.15) is 40.6 Å². The summed E-state index contributed by atoms with van der Waals surface area (Å²) in [4.78, 5) is 9.46. The molecule has 120 valence electrons. The van der Waals surface area contributed by atoms with E-state index in [1.54, 1.807) is 11.3 Å². The second-order valence-corrected chi connectivity index (χ2v) is 7.69. The summed E-state index contributed by atoms with van der Waals surface area (Å²) in [5, 5.41) is 11.6. The highest BCUT2D eigenvalue weighted by Crippen LogP contribution is 2.40. The number of aliphatic imine (C=N–C) groups is 1. The molecule has 2 heterocycles. The van der Waals surface area contributed by atoms with Crippen LogP contribution in [0.5, 0.6) is 0 Å². The van der Waals surface area contributed by atoms with Crippen LogP contribution < -0.4 is 0 Å². The molecule has 1 N–H and O–H groups in total. The van der Waals surface area contributed by atoms with E-state index in [-0.39, 0.29) is 0 Å². The first kappa shape index (κ1) is 15.2. The minimum atomic E-state index is 0.704. The standard InChI is InChI=1S/C20H19N3S/c1-12-7-8-15-16(10-21)20(24-19(15)9-12)22-11-17-13(2)23-18-6-4-3-5-14(17)18/h3-6,11-12,23H,7-9H2,1-2H3/b22-11+/t12-/m0/s1. The largest absolute Gasteiger partial charge is 0.358 e. The third-order valence-corrected chi connectivity index (χ3v) is 6.02. The Labute approximate surface area is 145 Å². The average Bonchev–Trinajstić information content (AvgIpc) is 3.08. The Morgan fingerprint density at radius 3 is 3.04 bits per heavy atom. The van der Waals surface area contributed by atoms with Gasteiger partial charge in [-0.15, -0.1) is 11.3 Å². The Kier molecular flexibility index (Phi) is 3.74. The number of hydrogen-bond acceptors (Lipinski definition) is 3. The van der Waals surface area contributed by atoms with Crippen molar-refractivity contribution in [1.82, 2.24) is 4.98 Å². The molecule has 2 aromatic heterocycles. The number of hydrogen-bond donors (Lipinski definition) is 1. The SMILES string of the molecule is Cc1[nH]c2ccccc2c1/C=N/c1sc2c(c1C#N)CC[C@H](C)C2. The van der Waals surface area contributed by atoms with Crippen molar-refractivity contribution in [3.05, 3.63) is 51.5 Å². The number of para-hydroxylation sites is 1. The second kappa shape index (κ2) is 5.92. The highest BCUT2D eigenvalue weighted by atomic mass is 32.1. The van der Waals surface area contributed by atoms with Gasteiger partial charge in [-0.05, 0) is 43.7 Å². The maximum absolute atomic E-state index is 9.59. The van der Waals surface area contributed by atoms with E-state index in [1.807, 2.05) is 18.3 Å². The predicted molar refractivity (Wildman–Crippen MR) is 101 cm³/mol. The van der Waals surface area contributed by atoms with Gasteiger partial charge < -0.3 is 4.98 Å². The van der Waals surface area contributed by atoms with Crippen LogP contribution in [0.3, 0.4) is 0 Å². The lowest BCUT2D eigenvalue weighted by atomic mass is 9.89. The number of nitriles is 1. The zero-order valence-electron chi connectivity index (χ0n) is 13.9. The molecule has 0 fully saturated rings. The summed E-state index contributed by atoms with van der Waals surface area (Å²) in [5.41, 5.74) is 5.36. The van der Waals surface area contributed by atoms with E-state index in [1.165, 1.54) is 22.2 Å². The van der Waals surface area contributed by atoms with Crippen LogP contribution in [0.15, 0.2) is 29.3 Å². The highest BCUT2D eigenvalue weighted by molar-refractivity contribution is 7.16. The highest BCUT2D eigenvalue weighted by Gasteiger charge is 2.23. The molecule has 0 aliphatic heterocycles. The van der Waals surface area contributed by atoms with E-state index in [0.717, 1.165) is 40.2 Å². The van der Waals surface area contributed by atoms with Crippen molar-refractivity contribution in [2.24, 2.45) is 10.9 Å². The molecule has 0 radical (unpaired) electrons. The van der Waals surface area contributed by atoms with Crippen molar-refractivity contribution >= 4 is 33.5 Å². The smallest absolute Gasteiger partial charge is 0.134 e. The summed E-state index contributed by atoms with van der Waals surface area (Å²) in [6.07, 6.45) is 5.17. The van der Waals surface area contributed by atoms with Crippen molar-refractivity contribution < 1.29 is 0 Å². The van der Waals surface area contributed by atoms with Crippen LogP contribution in [0.4, 0.5) is 5.00 Å². The Morgan fingerprint density at radius 2 is 2.21 bits per heavy atom. The molecular weight excluding hydrogens is 314 g/mol. The fourth-order valence-electron chi connectivity index (χ4n) is 3.53. The average molecular weight is 333 g/mol. The van der Waals surface area contributed by atoms with Crippen LogP contribution >= 0.6 is 11.3 Å². The normalized spacial score (nSPS) is 17.3. The fraction of sp³-hybridized carbons (Fsp3) is 0.300. The Balaban J connectivity index is 1.77. The summed E-state index contributed by atoms with van der Waals surface area (Å²) in [7, 11) is 0. The van der Waals surface area contributed by atoms with Gasteiger partial charge in [-0.25, -0.2) is 4.99 Å². The number of nitrogens with one attached hydrogen (secondary N) is 1. The van der Waals surface area contributed by atoms with Gasteiger partial charge in [0, 0.05) is 33.3 Å². The molecule has 3 nitrogen and oxygen atoms in total. The van der Waals surface area contributed by atoms with E-state index in [0.29, 0.717) is 5.92 Å². The monoisotopic (exact) mass is 333 g/mol. The maximum atomic E-state index is 9.59. The summed E-state index contributed by atoms with van der Waals surface area (Å²) >= 11 is 1.69. The van der Waals surface area contributed by atoms with Gasteiger partial charge in [-0.2, -0.15) is 5.26 Å². The van der Waals surface area contributed by atoms with E-state index in [9.17, 15) is 5.26 Å². The van der Waals surface area contributed by atoms with Gasteiger partial charge in [0.15, 0.2) is 0 Å². The summed E-state index contributed by atoms with van der Waals surface area (Å²) in [6.45, 7) is 4.35. The fourth-order valence-corrected chi connectivity index (χ4v) is 4.84. The Morgan fingerprint density at radius 1 is 1.38 bits per heavy atom.